The Balaban J connectivity index is 2.09. The van der Waals surface area contributed by atoms with E-state index in [-0.39, 0.29) is 11.8 Å². The van der Waals surface area contributed by atoms with Gasteiger partial charge in [-0.05, 0) is 51.9 Å². The van der Waals surface area contributed by atoms with Crippen molar-refractivity contribution in [3.63, 3.8) is 0 Å². The molecule has 1 aliphatic heterocycles. The number of hydrogen-bond donors (Lipinski definition) is 2. The summed E-state index contributed by atoms with van der Waals surface area (Å²) in [4.78, 5) is 12.3. The van der Waals surface area contributed by atoms with Crippen LogP contribution in [0.15, 0.2) is 12.3 Å². The highest BCUT2D eigenvalue weighted by Crippen LogP contribution is 2.21. The Bertz CT molecular complexity index is 601. The molecule has 1 amide bonds. The van der Waals surface area contributed by atoms with Crippen molar-refractivity contribution >= 4 is 27.3 Å². The van der Waals surface area contributed by atoms with Gasteiger partial charge in [-0.1, -0.05) is 26.3 Å². The summed E-state index contributed by atoms with van der Waals surface area (Å²) in [6.07, 6.45) is 8.69. The summed E-state index contributed by atoms with van der Waals surface area (Å²) in [6.45, 7) is 9.01. The average Bonchev–Trinajstić information content (AvgIpc) is 2.66. The number of rotatable bonds is 13. The van der Waals surface area contributed by atoms with E-state index in [9.17, 15) is 17.8 Å². The number of allylic oxidation sites excluding steroid dienone is 1. The van der Waals surface area contributed by atoms with E-state index in [1.54, 1.807) is 20.0 Å². The molecule has 1 rings (SSSR count). The predicted molar refractivity (Wildman–Crippen MR) is 120 cm³/mol. The topological polar surface area (TPSA) is 102 Å². The summed E-state index contributed by atoms with van der Waals surface area (Å²) >= 11 is -1.02. The SMILES string of the molecule is CC(C)/C=C/N[S+]([O-])CCCCCCNC(=O)C1CCN(S(=O)(=O)C(C)C)CC1. The van der Waals surface area contributed by atoms with E-state index >= 15 is 0 Å². The van der Waals surface area contributed by atoms with Gasteiger partial charge in [0, 0.05) is 31.8 Å². The lowest BCUT2D eigenvalue weighted by molar-refractivity contribution is -0.126. The monoisotopic (exact) mass is 449 g/mol. The molecule has 0 spiro atoms. The molecule has 29 heavy (non-hydrogen) atoms. The van der Waals surface area contributed by atoms with Crippen molar-refractivity contribution in [1.82, 2.24) is 14.3 Å². The largest absolute Gasteiger partial charge is 0.593 e. The lowest BCUT2D eigenvalue weighted by Gasteiger charge is -2.31. The van der Waals surface area contributed by atoms with Crippen LogP contribution in [0.3, 0.4) is 0 Å². The van der Waals surface area contributed by atoms with Gasteiger partial charge in [0.2, 0.25) is 15.9 Å². The van der Waals surface area contributed by atoms with Crippen LogP contribution in [0.25, 0.3) is 0 Å². The van der Waals surface area contributed by atoms with Gasteiger partial charge >= 0.3 is 0 Å². The summed E-state index contributed by atoms with van der Waals surface area (Å²) in [5.41, 5.74) is 0. The molecule has 1 unspecified atom stereocenters. The second-order valence-corrected chi connectivity index (χ2v) is 12.1. The Kier molecular flexibility index (Phi) is 12.2. The van der Waals surface area contributed by atoms with Crippen molar-refractivity contribution in [1.29, 1.82) is 0 Å². The molecule has 0 aliphatic carbocycles. The van der Waals surface area contributed by atoms with Crippen LogP contribution in [0.5, 0.6) is 0 Å². The fourth-order valence-corrected chi connectivity index (χ4v) is 5.24. The number of nitrogens with one attached hydrogen (secondary N) is 2. The highest BCUT2D eigenvalue weighted by atomic mass is 32.2. The molecule has 7 nitrogen and oxygen atoms in total. The minimum atomic E-state index is -3.22. The zero-order valence-electron chi connectivity index (χ0n) is 18.4. The molecule has 0 aromatic carbocycles. The van der Waals surface area contributed by atoms with Gasteiger partial charge in [0.05, 0.1) is 16.6 Å². The molecule has 0 saturated carbocycles. The van der Waals surface area contributed by atoms with Crippen molar-refractivity contribution in [3.8, 4) is 0 Å². The Hall–Kier alpha value is -0.770. The second kappa shape index (κ2) is 13.5. The van der Waals surface area contributed by atoms with Gasteiger partial charge in [0.1, 0.15) is 5.75 Å². The molecule has 1 fully saturated rings. The van der Waals surface area contributed by atoms with E-state index < -0.39 is 26.6 Å². The van der Waals surface area contributed by atoms with Gasteiger partial charge in [-0.2, -0.15) is 0 Å². The lowest BCUT2D eigenvalue weighted by atomic mass is 9.97. The first-order chi connectivity index (χ1) is 13.6. The maximum atomic E-state index is 12.3. The normalized spacial score (nSPS) is 17.9. The third-order valence-corrected chi connectivity index (χ3v) is 8.35. The van der Waals surface area contributed by atoms with Crippen molar-refractivity contribution in [2.24, 2.45) is 11.8 Å². The van der Waals surface area contributed by atoms with Gasteiger partial charge < -0.3 is 9.87 Å². The third kappa shape index (κ3) is 10.2. The zero-order valence-corrected chi connectivity index (χ0v) is 20.0. The third-order valence-electron chi connectivity index (χ3n) is 5.02. The lowest BCUT2D eigenvalue weighted by Crippen LogP contribution is -2.45. The van der Waals surface area contributed by atoms with Crippen LogP contribution < -0.4 is 10.0 Å². The van der Waals surface area contributed by atoms with Crippen LogP contribution in [0.4, 0.5) is 0 Å². The summed E-state index contributed by atoms with van der Waals surface area (Å²) < 4.78 is 40.5. The maximum Gasteiger partial charge on any atom is 0.223 e. The van der Waals surface area contributed by atoms with Crippen LogP contribution in [-0.2, 0) is 26.2 Å². The van der Waals surface area contributed by atoms with E-state index in [0.717, 1.165) is 25.7 Å². The summed E-state index contributed by atoms with van der Waals surface area (Å²) in [7, 11) is -3.22. The number of hydrogen-bond acceptors (Lipinski definition) is 5. The number of unbranched alkanes of at least 4 members (excludes halogenated alkanes) is 3. The van der Waals surface area contributed by atoms with Crippen molar-refractivity contribution in [2.75, 3.05) is 25.4 Å². The molecule has 2 N–H and O–H groups in total. The highest BCUT2D eigenvalue weighted by molar-refractivity contribution is 7.89. The van der Waals surface area contributed by atoms with Crippen LogP contribution in [0, 0.1) is 11.8 Å². The van der Waals surface area contributed by atoms with E-state index in [2.05, 4.69) is 23.9 Å². The van der Waals surface area contributed by atoms with Crippen LogP contribution in [0.2, 0.25) is 0 Å². The quantitative estimate of drug-likeness (QED) is 0.332. The van der Waals surface area contributed by atoms with E-state index in [4.69, 9.17) is 0 Å². The molecule has 9 heteroatoms. The number of sulfonamides is 1. The Morgan fingerprint density at radius 3 is 2.34 bits per heavy atom. The van der Waals surface area contributed by atoms with Gasteiger partial charge in [0.25, 0.3) is 0 Å². The number of piperidine rings is 1. The van der Waals surface area contributed by atoms with Crippen LogP contribution >= 0.6 is 0 Å². The van der Waals surface area contributed by atoms with Crippen LogP contribution in [0.1, 0.15) is 66.2 Å². The molecule has 1 atom stereocenters. The minimum absolute atomic E-state index is 0.0360. The molecule has 0 aromatic rings. The molecule has 1 aliphatic rings. The molecule has 170 valence electrons. The Morgan fingerprint density at radius 1 is 1.14 bits per heavy atom. The average molecular weight is 450 g/mol. The van der Waals surface area contributed by atoms with Gasteiger partial charge in [-0.3, -0.25) is 4.79 Å². The number of nitrogens with zero attached hydrogens (tertiary/aromatic N) is 1. The van der Waals surface area contributed by atoms with E-state index in [0.29, 0.717) is 44.1 Å². The molecule has 1 heterocycles. The summed E-state index contributed by atoms with van der Waals surface area (Å²) in [6, 6.07) is 0. The molecule has 0 aromatic heterocycles. The number of carbonyl (C=O) groups excluding carboxylic acids is 1. The number of carbonyl (C=O) groups is 1. The fourth-order valence-electron chi connectivity index (χ4n) is 3.10. The summed E-state index contributed by atoms with van der Waals surface area (Å²) in [5, 5.41) is 2.56. The van der Waals surface area contributed by atoms with Gasteiger partial charge in [-0.15, -0.1) is 0 Å². The molecular formula is C20H39N3O4S2. The molecule has 0 radical (unpaired) electrons. The highest BCUT2D eigenvalue weighted by Gasteiger charge is 2.32. The summed E-state index contributed by atoms with van der Waals surface area (Å²) in [5.74, 6) is 1.01. The fraction of sp³-hybridized carbons (Fsp3) is 0.850. The first-order valence-electron chi connectivity index (χ1n) is 10.7. The Morgan fingerprint density at radius 2 is 1.76 bits per heavy atom. The van der Waals surface area contributed by atoms with E-state index in [1.165, 1.54) is 4.31 Å². The predicted octanol–water partition coefficient (Wildman–Crippen LogP) is 2.54. The Labute approximate surface area is 180 Å². The first kappa shape index (κ1) is 26.3. The molecule has 1 saturated heterocycles. The van der Waals surface area contributed by atoms with E-state index in [1.807, 2.05) is 6.08 Å². The number of amides is 1. The standard InChI is InChI=1S/C20H39N3O4S2/c1-17(2)9-13-22-28(25)16-8-6-5-7-12-21-20(24)19-10-14-23(15-11-19)29(26,27)18(3)4/h9,13,17-19,22H,5-8,10-12,14-16H2,1-4H3,(H,21,24)/b13-9+. The van der Waals surface area contributed by atoms with Gasteiger partial charge in [-0.25, -0.2) is 17.4 Å². The second-order valence-electron chi connectivity index (χ2n) is 8.24. The van der Waals surface area contributed by atoms with Crippen molar-refractivity contribution < 1.29 is 17.8 Å². The zero-order chi connectivity index (χ0) is 21.9. The van der Waals surface area contributed by atoms with Crippen molar-refractivity contribution in [3.05, 3.63) is 12.3 Å². The molecular weight excluding hydrogens is 410 g/mol. The molecule has 0 bridgehead atoms. The van der Waals surface area contributed by atoms with Crippen molar-refractivity contribution in [2.45, 2.75) is 71.5 Å². The van der Waals surface area contributed by atoms with Crippen LogP contribution in [-0.4, -0.2) is 53.8 Å². The van der Waals surface area contributed by atoms with Gasteiger partial charge in [0.15, 0.2) is 0 Å². The smallest absolute Gasteiger partial charge is 0.223 e. The maximum absolute atomic E-state index is 12.3. The first-order valence-corrected chi connectivity index (χ1v) is 13.5. The minimum Gasteiger partial charge on any atom is -0.593 e.